The summed E-state index contributed by atoms with van der Waals surface area (Å²) in [4.78, 5) is 13.0. The van der Waals surface area contributed by atoms with Crippen LogP contribution in [0.1, 0.15) is 48.8 Å². The molecule has 1 saturated heterocycles. The molecule has 2 heterocycles. The largest absolute Gasteiger partial charge is 0.301 e. The second-order valence-electron chi connectivity index (χ2n) is 4.77. The molecule has 1 N–H and O–H groups in total. The first-order valence-electron chi connectivity index (χ1n) is 5.95. The van der Waals surface area contributed by atoms with E-state index in [1.54, 1.807) is 0 Å². The molecule has 0 aliphatic carbocycles. The minimum absolute atomic E-state index is 0.515. The number of piperidine rings is 1. The Morgan fingerprint density at radius 2 is 2.19 bits per heavy atom. The van der Waals surface area contributed by atoms with E-state index in [2.05, 4.69) is 28.9 Å². The molecule has 0 atom stereocenters. The average Bonchev–Trinajstić information content (AvgIpc) is 2.77. The number of hydrogen-bond acceptors (Lipinski definition) is 3. The van der Waals surface area contributed by atoms with E-state index in [4.69, 9.17) is 0 Å². The lowest BCUT2D eigenvalue weighted by Gasteiger charge is -2.34. The molecule has 0 aromatic carbocycles. The third-order valence-corrected chi connectivity index (χ3v) is 3.44. The number of likely N-dealkylation sites (tertiary alicyclic amines) is 1. The smallest absolute Gasteiger partial charge is 0.170 e. The molecular formula is C12H19N3O. The fourth-order valence-corrected chi connectivity index (χ4v) is 2.35. The number of rotatable bonds is 3. The maximum absolute atomic E-state index is 10.6. The van der Waals surface area contributed by atoms with Crippen molar-refractivity contribution in [2.75, 3.05) is 13.1 Å². The fraction of sp³-hybridized carbons (Fsp3) is 0.667. The lowest BCUT2D eigenvalue weighted by Crippen LogP contribution is -2.37. The maximum atomic E-state index is 10.6. The monoisotopic (exact) mass is 221 g/mol. The standard InChI is InChI=1S/C12H19N3O/c1-9(2)15-5-3-10(4-6-15)12-7-11(8-16)13-14-12/h7-10H,3-6H2,1-2H3,(H,13,14). The van der Waals surface area contributed by atoms with Crippen molar-refractivity contribution >= 4 is 6.29 Å². The van der Waals surface area contributed by atoms with E-state index in [0.717, 1.165) is 37.9 Å². The third kappa shape index (κ3) is 2.32. The van der Waals surface area contributed by atoms with Crippen LogP contribution in [0.15, 0.2) is 6.07 Å². The zero-order valence-electron chi connectivity index (χ0n) is 9.94. The summed E-state index contributed by atoms with van der Waals surface area (Å²) in [5.41, 5.74) is 1.63. The number of carbonyl (C=O) groups excluding carboxylic acids is 1. The second kappa shape index (κ2) is 4.78. The highest BCUT2D eigenvalue weighted by Gasteiger charge is 2.23. The number of aromatic nitrogens is 2. The van der Waals surface area contributed by atoms with Gasteiger partial charge in [-0.25, -0.2) is 0 Å². The summed E-state index contributed by atoms with van der Waals surface area (Å²) in [6, 6.07) is 2.51. The Hall–Kier alpha value is -1.16. The van der Waals surface area contributed by atoms with Crippen molar-refractivity contribution in [3.63, 3.8) is 0 Å². The van der Waals surface area contributed by atoms with Crippen molar-refractivity contribution in [2.24, 2.45) is 0 Å². The van der Waals surface area contributed by atoms with Crippen LogP contribution in [0.3, 0.4) is 0 Å². The van der Waals surface area contributed by atoms with Gasteiger partial charge in [-0.15, -0.1) is 0 Å². The zero-order valence-corrected chi connectivity index (χ0v) is 9.94. The Bertz CT molecular complexity index is 351. The molecule has 1 aromatic heterocycles. The molecular weight excluding hydrogens is 202 g/mol. The number of carbonyl (C=O) groups is 1. The van der Waals surface area contributed by atoms with Gasteiger partial charge in [-0.1, -0.05) is 0 Å². The molecule has 0 saturated carbocycles. The molecule has 0 amide bonds. The van der Waals surface area contributed by atoms with Gasteiger partial charge in [0, 0.05) is 17.7 Å². The molecule has 1 fully saturated rings. The summed E-state index contributed by atoms with van der Waals surface area (Å²) in [6.07, 6.45) is 3.10. The molecule has 0 bridgehead atoms. The second-order valence-corrected chi connectivity index (χ2v) is 4.77. The molecule has 16 heavy (non-hydrogen) atoms. The first-order valence-corrected chi connectivity index (χ1v) is 5.95. The molecule has 0 unspecified atom stereocenters. The van der Waals surface area contributed by atoms with Gasteiger partial charge in [0.25, 0.3) is 0 Å². The van der Waals surface area contributed by atoms with Gasteiger partial charge >= 0.3 is 0 Å². The Morgan fingerprint density at radius 3 is 2.69 bits per heavy atom. The topological polar surface area (TPSA) is 49.0 Å². The Kier molecular flexibility index (Phi) is 3.39. The summed E-state index contributed by atoms with van der Waals surface area (Å²) < 4.78 is 0. The SMILES string of the molecule is CC(C)N1CCC(c2cc(C=O)n[nH]2)CC1. The predicted molar refractivity (Wildman–Crippen MR) is 62.7 cm³/mol. The van der Waals surface area contributed by atoms with Crippen LogP contribution >= 0.6 is 0 Å². The molecule has 1 aliphatic heterocycles. The van der Waals surface area contributed by atoms with Crippen LogP contribution < -0.4 is 0 Å². The number of aromatic amines is 1. The van der Waals surface area contributed by atoms with E-state index >= 15 is 0 Å². The van der Waals surface area contributed by atoms with Crippen LogP contribution in [0.4, 0.5) is 0 Å². The van der Waals surface area contributed by atoms with Crippen LogP contribution in [0.2, 0.25) is 0 Å². The number of nitrogens with zero attached hydrogens (tertiary/aromatic N) is 2. The Labute approximate surface area is 96.0 Å². The van der Waals surface area contributed by atoms with Gasteiger partial charge in [0.1, 0.15) is 5.69 Å². The highest BCUT2D eigenvalue weighted by Crippen LogP contribution is 2.27. The number of aldehydes is 1. The molecule has 1 aromatic rings. The molecule has 4 nitrogen and oxygen atoms in total. The van der Waals surface area contributed by atoms with Crippen molar-refractivity contribution < 1.29 is 4.79 Å². The van der Waals surface area contributed by atoms with E-state index in [1.807, 2.05) is 6.07 Å². The van der Waals surface area contributed by atoms with E-state index < -0.39 is 0 Å². The molecule has 1 aliphatic rings. The quantitative estimate of drug-likeness (QED) is 0.792. The molecule has 4 heteroatoms. The fourth-order valence-electron chi connectivity index (χ4n) is 2.35. The van der Waals surface area contributed by atoms with Crippen LogP contribution in [0, 0.1) is 0 Å². The van der Waals surface area contributed by atoms with Crippen LogP contribution in [0.5, 0.6) is 0 Å². The number of nitrogens with one attached hydrogen (secondary N) is 1. The van der Waals surface area contributed by atoms with Crippen molar-refractivity contribution in [1.29, 1.82) is 0 Å². The van der Waals surface area contributed by atoms with Gasteiger partial charge in [0.15, 0.2) is 6.29 Å². The summed E-state index contributed by atoms with van der Waals surface area (Å²) in [7, 11) is 0. The minimum Gasteiger partial charge on any atom is -0.301 e. The molecule has 2 rings (SSSR count). The number of hydrogen-bond donors (Lipinski definition) is 1. The average molecular weight is 221 g/mol. The van der Waals surface area contributed by atoms with Gasteiger partial charge in [0.05, 0.1) is 0 Å². The lowest BCUT2D eigenvalue weighted by molar-refractivity contribution is 0.111. The zero-order chi connectivity index (χ0) is 11.5. The summed E-state index contributed by atoms with van der Waals surface area (Å²) >= 11 is 0. The van der Waals surface area contributed by atoms with E-state index in [1.165, 1.54) is 0 Å². The van der Waals surface area contributed by atoms with E-state index in [-0.39, 0.29) is 0 Å². The van der Waals surface area contributed by atoms with Crippen molar-refractivity contribution in [1.82, 2.24) is 15.1 Å². The first kappa shape index (κ1) is 11.3. The summed E-state index contributed by atoms with van der Waals surface area (Å²) in [6.45, 7) is 6.75. The molecule has 88 valence electrons. The molecule has 0 spiro atoms. The van der Waals surface area contributed by atoms with Gasteiger partial charge in [-0.3, -0.25) is 9.89 Å². The minimum atomic E-state index is 0.515. The van der Waals surface area contributed by atoms with Crippen molar-refractivity contribution in [2.45, 2.75) is 38.6 Å². The highest BCUT2D eigenvalue weighted by molar-refractivity contribution is 5.71. The third-order valence-electron chi connectivity index (χ3n) is 3.44. The Balaban J connectivity index is 1.96. The van der Waals surface area contributed by atoms with Crippen molar-refractivity contribution in [3.8, 4) is 0 Å². The van der Waals surface area contributed by atoms with Crippen LogP contribution in [-0.2, 0) is 0 Å². The van der Waals surface area contributed by atoms with Gasteiger partial charge < -0.3 is 4.90 Å². The van der Waals surface area contributed by atoms with Crippen LogP contribution in [-0.4, -0.2) is 40.5 Å². The Morgan fingerprint density at radius 1 is 1.50 bits per heavy atom. The molecule has 0 radical (unpaired) electrons. The predicted octanol–water partition coefficient (Wildman–Crippen LogP) is 1.81. The summed E-state index contributed by atoms with van der Waals surface area (Å²) in [5, 5.41) is 6.93. The normalized spacial score (nSPS) is 19.2. The van der Waals surface area contributed by atoms with Gasteiger partial charge in [-0.05, 0) is 45.8 Å². The maximum Gasteiger partial charge on any atom is 0.170 e. The summed E-state index contributed by atoms with van der Waals surface area (Å²) in [5.74, 6) is 0.538. The lowest BCUT2D eigenvalue weighted by atomic mass is 9.93. The van der Waals surface area contributed by atoms with Crippen LogP contribution in [0.25, 0.3) is 0 Å². The first-order chi connectivity index (χ1) is 7.70. The van der Waals surface area contributed by atoms with E-state index in [0.29, 0.717) is 17.7 Å². The van der Waals surface area contributed by atoms with Gasteiger partial charge in [0.2, 0.25) is 0 Å². The number of H-pyrrole nitrogens is 1. The highest BCUT2D eigenvalue weighted by atomic mass is 16.1. The van der Waals surface area contributed by atoms with Gasteiger partial charge in [-0.2, -0.15) is 5.10 Å². The van der Waals surface area contributed by atoms with E-state index in [9.17, 15) is 4.79 Å². The van der Waals surface area contributed by atoms with Crippen molar-refractivity contribution in [3.05, 3.63) is 17.5 Å².